The van der Waals surface area contributed by atoms with Gasteiger partial charge < -0.3 is 4.74 Å². The highest BCUT2D eigenvalue weighted by Crippen LogP contribution is 2.24. The van der Waals surface area contributed by atoms with Gasteiger partial charge in [0.2, 0.25) is 0 Å². The fourth-order valence-electron chi connectivity index (χ4n) is 1.96. The summed E-state index contributed by atoms with van der Waals surface area (Å²) in [7, 11) is 0. The molecule has 0 atom stereocenters. The van der Waals surface area contributed by atoms with E-state index >= 15 is 0 Å². The first-order valence-corrected chi connectivity index (χ1v) is 6.16. The van der Waals surface area contributed by atoms with Crippen molar-refractivity contribution < 1.29 is 4.74 Å². The maximum Gasteiger partial charge on any atom is 0.147 e. The summed E-state index contributed by atoms with van der Waals surface area (Å²) < 4.78 is 5.84. The SMILES string of the molecule is Cc1cc(C)c(C)c(OCc2cccnc2C#N)c1. The minimum Gasteiger partial charge on any atom is -0.489 e. The highest BCUT2D eigenvalue weighted by molar-refractivity contribution is 5.42. The highest BCUT2D eigenvalue weighted by Gasteiger charge is 2.07. The molecule has 0 saturated carbocycles. The average molecular weight is 252 g/mol. The topological polar surface area (TPSA) is 45.9 Å². The van der Waals surface area contributed by atoms with Gasteiger partial charge in [0.1, 0.15) is 24.1 Å². The maximum absolute atomic E-state index is 8.99. The van der Waals surface area contributed by atoms with E-state index < -0.39 is 0 Å². The monoisotopic (exact) mass is 252 g/mol. The van der Waals surface area contributed by atoms with Gasteiger partial charge in [-0.05, 0) is 49.6 Å². The molecule has 0 spiro atoms. The van der Waals surface area contributed by atoms with Gasteiger partial charge in [0, 0.05) is 11.8 Å². The van der Waals surface area contributed by atoms with Crippen LogP contribution in [0.25, 0.3) is 0 Å². The van der Waals surface area contributed by atoms with Gasteiger partial charge in [-0.25, -0.2) is 4.98 Å². The lowest BCUT2D eigenvalue weighted by molar-refractivity contribution is 0.303. The smallest absolute Gasteiger partial charge is 0.147 e. The summed E-state index contributed by atoms with van der Waals surface area (Å²) >= 11 is 0. The fraction of sp³-hybridized carbons (Fsp3) is 0.250. The Bertz CT molecular complexity index is 642. The van der Waals surface area contributed by atoms with Crippen LogP contribution in [0.15, 0.2) is 30.5 Å². The fourth-order valence-corrected chi connectivity index (χ4v) is 1.96. The molecule has 2 aromatic rings. The summed E-state index contributed by atoms with van der Waals surface area (Å²) in [5, 5.41) is 8.99. The Balaban J connectivity index is 2.22. The predicted octanol–water partition coefficient (Wildman–Crippen LogP) is 3.46. The zero-order valence-electron chi connectivity index (χ0n) is 11.4. The van der Waals surface area contributed by atoms with E-state index in [0.717, 1.165) is 16.9 Å². The molecule has 3 nitrogen and oxygen atoms in total. The quantitative estimate of drug-likeness (QED) is 0.840. The number of aryl methyl sites for hydroxylation is 2. The Hall–Kier alpha value is -2.34. The van der Waals surface area contributed by atoms with E-state index in [1.54, 1.807) is 6.20 Å². The maximum atomic E-state index is 8.99. The first-order valence-electron chi connectivity index (χ1n) is 6.16. The molecule has 0 N–H and O–H groups in total. The number of rotatable bonds is 3. The molecule has 1 aromatic carbocycles. The lowest BCUT2D eigenvalue weighted by Crippen LogP contribution is -2.01. The Kier molecular flexibility index (Phi) is 3.82. The second kappa shape index (κ2) is 5.53. The van der Waals surface area contributed by atoms with Crippen LogP contribution in [0.4, 0.5) is 0 Å². The van der Waals surface area contributed by atoms with Gasteiger partial charge in [-0.3, -0.25) is 0 Å². The summed E-state index contributed by atoms with van der Waals surface area (Å²) in [4.78, 5) is 4.03. The molecule has 0 unspecified atom stereocenters. The lowest BCUT2D eigenvalue weighted by atomic mass is 10.1. The molecule has 1 heterocycles. The van der Waals surface area contributed by atoms with Crippen molar-refractivity contribution in [2.24, 2.45) is 0 Å². The van der Waals surface area contributed by atoms with E-state index in [2.05, 4.69) is 24.0 Å². The van der Waals surface area contributed by atoms with Gasteiger partial charge in [-0.1, -0.05) is 12.1 Å². The number of nitrogens with zero attached hydrogens (tertiary/aromatic N) is 2. The van der Waals surface area contributed by atoms with Gasteiger partial charge in [-0.2, -0.15) is 5.26 Å². The Morgan fingerprint density at radius 1 is 1.26 bits per heavy atom. The third-order valence-corrected chi connectivity index (χ3v) is 3.14. The number of hydrogen-bond donors (Lipinski definition) is 0. The third kappa shape index (κ3) is 2.92. The highest BCUT2D eigenvalue weighted by atomic mass is 16.5. The first kappa shape index (κ1) is 13.1. The van der Waals surface area contributed by atoms with E-state index in [0.29, 0.717) is 12.3 Å². The molecule has 19 heavy (non-hydrogen) atoms. The van der Waals surface area contributed by atoms with E-state index in [9.17, 15) is 0 Å². The van der Waals surface area contributed by atoms with Crippen molar-refractivity contribution in [1.29, 1.82) is 5.26 Å². The molecule has 0 fully saturated rings. The summed E-state index contributed by atoms with van der Waals surface area (Å²) in [6, 6.07) is 9.91. The number of pyridine rings is 1. The van der Waals surface area contributed by atoms with Crippen LogP contribution in [0.2, 0.25) is 0 Å². The third-order valence-electron chi connectivity index (χ3n) is 3.14. The number of nitriles is 1. The molecule has 96 valence electrons. The molecule has 3 heteroatoms. The van der Waals surface area contributed by atoms with Crippen molar-refractivity contribution in [2.75, 3.05) is 0 Å². The molecular weight excluding hydrogens is 236 g/mol. The van der Waals surface area contributed by atoms with Gasteiger partial charge in [0.05, 0.1) is 0 Å². The molecule has 0 amide bonds. The predicted molar refractivity (Wildman–Crippen MR) is 73.9 cm³/mol. The molecule has 0 aliphatic carbocycles. The molecule has 0 aliphatic rings. The van der Waals surface area contributed by atoms with Crippen LogP contribution in [0.5, 0.6) is 5.75 Å². The van der Waals surface area contributed by atoms with Crippen molar-refractivity contribution in [1.82, 2.24) is 4.98 Å². The van der Waals surface area contributed by atoms with Gasteiger partial charge >= 0.3 is 0 Å². The minimum atomic E-state index is 0.362. The van der Waals surface area contributed by atoms with Gasteiger partial charge in [-0.15, -0.1) is 0 Å². The van der Waals surface area contributed by atoms with E-state index in [1.165, 1.54) is 11.1 Å². The van der Waals surface area contributed by atoms with E-state index in [-0.39, 0.29) is 0 Å². The zero-order valence-corrected chi connectivity index (χ0v) is 11.4. The van der Waals surface area contributed by atoms with Crippen LogP contribution in [0, 0.1) is 32.1 Å². The van der Waals surface area contributed by atoms with Crippen molar-refractivity contribution >= 4 is 0 Å². The molecule has 0 bridgehead atoms. The first-order chi connectivity index (χ1) is 9.11. The normalized spacial score (nSPS) is 10.0. The molecule has 0 radical (unpaired) electrons. The van der Waals surface area contributed by atoms with Crippen LogP contribution in [-0.2, 0) is 6.61 Å². The number of hydrogen-bond acceptors (Lipinski definition) is 3. The molecule has 2 rings (SSSR count). The summed E-state index contributed by atoms with van der Waals surface area (Å²) in [5.74, 6) is 0.866. The summed E-state index contributed by atoms with van der Waals surface area (Å²) in [6.45, 7) is 6.52. The molecule has 1 aromatic heterocycles. The standard InChI is InChI=1S/C16H16N2O/c1-11-7-12(2)13(3)16(8-11)19-10-14-5-4-6-18-15(14)9-17/h4-8H,10H2,1-3H3. The van der Waals surface area contributed by atoms with Crippen LogP contribution in [0.3, 0.4) is 0 Å². The minimum absolute atomic E-state index is 0.362. The second-order valence-corrected chi connectivity index (χ2v) is 4.62. The van der Waals surface area contributed by atoms with Crippen LogP contribution in [0.1, 0.15) is 27.9 Å². The summed E-state index contributed by atoms with van der Waals surface area (Å²) in [5.41, 5.74) is 4.74. The largest absolute Gasteiger partial charge is 0.489 e. The molecule has 0 aliphatic heterocycles. The zero-order chi connectivity index (χ0) is 13.8. The van der Waals surface area contributed by atoms with Crippen molar-refractivity contribution in [3.63, 3.8) is 0 Å². The van der Waals surface area contributed by atoms with E-state index in [1.807, 2.05) is 32.0 Å². The van der Waals surface area contributed by atoms with Crippen LogP contribution < -0.4 is 4.74 Å². The Morgan fingerprint density at radius 2 is 2.05 bits per heavy atom. The second-order valence-electron chi connectivity index (χ2n) is 4.62. The van der Waals surface area contributed by atoms with Crippen LogP contribution >= 0.6 is 0 Å². The Labute approximate surface area is 113 Å². The number of benzene rings is 1. The molecular formula is C16H16N2O. The molecule has 0 saturated heterocycles. The van der Waals surface area contributed by atoms with Crippen LogP contribution in [-0.4, -0.2) is 4.98 Å². The number of aromatic nitrogens is 1. The lowest BCUT2D eigenvalue weighted by Gasteiger charge is -2.12. The van der Waals surface area contributed by atoms with Crippen molar-refractivity contribution in [3.8, 4) is 11.8 Å². The van der Waals surface area contributed by atoms with Gasteiger partial charge in [0.25, 0.3) is 0 Å². The number of ether oxygens (including phenoxy) is 1. The van der Waals surface area contributed by atoms with E-state index in [4.69, 9.17) is 10.00 Å². The summed E-state index contributed by atoms with van der Waals surface area (Å²) in [6.07, 6.45) is 1.62. The Morgan fingerprint density at radius 3 is 2.79 bits per heavy atom. The van der Waals surface area contributed by atoms with Crippen molar-refractivity contribution in [2.45, 2.75) is 27.4 Å². The van der Waals surface area contributed by atoms with Gasteiger partial charge in [0.15, 0.2) is 0 Å². The average Bonchev–Trinajstić information content (AvgIpc) is 2.41. The van der Waals surface area contributed by atoms with Crippen molar-refractivity contribution in [3.05, 3.63) is 58.4 Å².